The first-order chi connectivity index (χ1) is 14.7. The smallest absolute Gasteiger partial charge is 0.259 e. The van der Waals surface area contributed by atoms with Crippen LogP contribution >= 0.6 is 0 Å². The average Bonchev–Trinajstić information content (AvgIpc) is 3.50. The van der Waals surface area contributed by atoms with Crippen molar-refractivity contribution >= 4 is 28.1 Å². The molecule has 1 aliphatic rings. The lowest BCUT2D eigenvalue weighted by atomic mass is 10.0. The molecule has 0 aliphatic carbocycles. The van der Waals surface area contributed by atoms with E-state index in [-0.39, 0.29) is 5.91 Å². The standard InChI is InChI=1S/C23H17N5O2/c1-30-16-3-2-15-13-27(23(29)19(15)11-16)21-12-26-28-9-6-14(10-20(21)28)17-4-7-24-22-18(17)5-8-25-22/h2-12H,13H2,1H3,(H,24,25). The van der Waals surface area contributed by atoms with Crippen molar-refractivity contribution in [3.63, 3.8) is 0 Å². The molecule has 0 atom stereocenters. The second-order valence-corrected chi connectivity index (χ2v) is 7.29. The van der Waals surface area contributed by atoms with Gasteiger partial charge in [-0.2, -0.15) is 5.10 Å². The predicted octanol–water partition coefficient (Wildman–Crippen LogP) is 4.05. The zero-order chi connectivity index (χ0) is 20.2. The summed E-state index contributed by atoms with van der Waals surface area (Å²) in [5.41, 5.74) is 6.30. The van der Waals surface area contributed by atoms with Crippen LogP contribution in [0.25, 0.3) is 27.7 Å². The number of aromatic nitrogens is 4. The molecule has 4 aromatic heterocycles. The summed E-state index contributed by atoms with van der Waals surface area (Å²) in [6, 6.07) is 13.7. The maximum atomic E-state index is 13.1. The summed E-state index contributed by atoms with van der Waals surface area (Å²) in [5, 5.41) is 5.52. The summed E-state index contributed by atoms with van der Waals surface area (Å²) in [4.78, 5) is 22.4. The summed E-state index contributed by atoms with van der Waals surface area (Å²) < 4.78 is 7.08. The van der Waals surface area contributed by atoms with E-state index in [1.807, 2.05) is 42.7 Å². The lowest BCUT2D eigenvalue weighted by molar-refractivity contribution is 0.0996. The van der Waals surface area contributed by atoms with Crippen molar-refractivity contribution in [3.05, 3.63) is 78.4 Å². The van der Waals surface area contributed by atoms with Crippen LogP contribution in [0.2, 0.25) is 0 Å². The maximum Gasteiger partial charge on any atom is 0.259 e. The molecule has 146 valence electrons. The molecule has 5 heterocycles. The Hall–Kier alpha value is -4.13. The molecule has 0 radical (unpaired) electrons. The number of aromatic amines is 1. The highest BCUT2D eigenvalue weighted by molar-refractivity contribution is 6.12. The fourth-order valence-electron chi connectivity index (χ4n) is 4.16. The first kappa shape index (κ1) is 16.8. The van der Waals surface area contributed by atoms with Crippen molar-refractivity contribution in [1.29, 1.82) is 0 Å². The Bertz CT molecular complexity index is 1450. The van der Waals surface area contributed by atoms with Gasteiger partial charge in [0.1, 0.15) is 11.4 Å². The summed E-state index contributed by atoms with van der Waals surface area (Å²) in [6.07, 6.45) is 7.35. The number of hydrogen-bond donors (Lipinski definition) is 1. The van der Waals surface area contributed by atoms with Gasteiger partial charge in [0.15, 0.2) is 0 Å². The van der Waals surface area contributed by atoms with Gasteiger partial charge in [-0.3, -0.25) is 4.79 Å². The van der Waals surface area contributed by atoms with Crippen molar-refractivity contribution < 1.29 is 9.53 Å². The van der Waals surface area contributed by atoms with Gasteiger partial charge in [-0.15, -0.1) is 0 Å². The number of methoxy groups -OCH3 is 1. The molecular formula is C23H17N5O2. The first-order valence-corrected chi connectivity index (χ1v) is 9.61. The first-order valence-electron chi connectivity index (χ1n) is 9.61. The van der Waals surface area contributed by atoms with Crippen LogP contribution < -0.4 is 9.64 Å². The molecule has 1 N–H and O–H groups in total. The monoisotopic (exact) mass is 395 g/mol. The van der Waals surface area contributed by atoms with E-state index < -0.39 is 0 Å². The minimum Gasteiger partial charge on any atom is -0.497 e. The number of ether oxygens (including phenoxy) is 1. The molecule has 1 amide bonds. The topological polar surface area (TPSA) is 75.5 Å². The van der Waals surface area contributed by atoms with Gasteiger partial charge in [-0.1, -0.05) is 6.07 Å². The minimum absolute atomic E-state index is 0.0406. The van der Waals surface area contributed by atoms with E-state index in [4.69, 9.17) is 4.74 Å². The fourth-order valence-corrected chi connectivity index (χ4v) is 4.16. The van der Waals surface area contributed by atoms with E-state index in [9.17, 15) is 4.79 Å². The Morgan fingerprint density at radius 2 is 2.03 bits per heavy atom. The molecule has 0 fully saturated rings. The molecular weight excluding hydrogens is 378 g/mol. The molecule has 0 spiro atoms. The number of amides is 1. The van der Waals surface area contributed by atoms with E-state index in [2.05, 4.69) is 21.1 Å². The summed E-state index contributed by atoms with van der Waals surface area (Å²) in [6.45, 7) is 0.515. The molecule has 7 heteroatoms. The van der Waals surface area contributed by atoms with Crippen LogP contribution in [0.3, 0.4) is 0 Å². The van der Waals surface area contributed by atoms with Gasteiger partial charge in [-0.05, 0) is 53.1 Å². The molecule has 1 aliphatic heterocycles. The van der Waals surface area contributed by atoms with E-state index in [1.165, 1.54) is 0 Å². The quantitative estimate of drug-likeness (QED) is 0.500. The van der Waals surface area contributed by atoms with Crippen molar-refractivity contribution in [3.8, 4) is 16.9 Å². The highest BCUT2D eigenvalue weighted by atomic mass is 16.5. The van der Waals surface area contributed by atoms with Gasteiger partial charge < -0.3 is 14.6 Å². The number of H-pyrrole nitrogens is 1. The van der Waals surface area contributed by atoms with Crippen LogP contribution in [0.5, 0.6) is 5.75 Å². The Morgan fingerprint density at radius 1 is 1.10 bits per heavy atom. The summed E-state index contributed by atoms with van der Waals surface area (Å²) in [5.74, 6) is 0.639. The van der Waals surface area contributed by atoms with Crippen molar-refractivity contribution in [2.75, 3.05) is 12.0 Å². The average molecular weight is 395 g/mol. The second-order valence-electron chi connectivity index (χ2n) is 7.29. The van der Waals surface area contributed by atoms with E-state index in [1.54, 1.807) is 35.0 Å². The molecule has 5 aromatic rings. The van der Waals surface area contributed by atoms with Crippen molar-refractivity contribution in [1.82, 2.24) is 19.6 Å². The largest absolute Gasteiger partial charge is 0.497 e. The van der Waals surface area contributed by atoms with Crippen molar-refractivity contribution in [2.24, 2.45) is 0 Å². The van der Waals surface area contributed by atoms with Gasteiger partial charge >= 0.3 is 0 Å². The lowest BCUT2D eigenvalue weighted by Crippen LogP contribution is -2.22. The Kier molecular flexibility index (Phi) is 3.46. The number of nitrogens with zero attached hydrogens (tertiary/aromatic N) is 4. The fraction of sp³-hybridized carbons (Fsp3) is 0.0870. The zero-order valence-corrected chi connectivity index (χ0v) is 16.2. The van der Waals surface area contributed by atoms with Gasteiger partial charge in [-0.25, -0.2) is 9.50 Å². The Labute approximate surface area is 171 Å². The normalized spacial score (nSPS) is 13.4. The predicted molar refractivity (Wildman–Crippen MR) is 114 cm³/mol. The van der Waals surface area contributed by atoms with Crippen molar-refractivity contribution in [2.45, 2.75) is 6.54 Å². The maximum absolute atomic E-state index is 13.1. The number of fused-ring (bicyclic) bond motifs is 3. The Morgan fingerprint density at radius 3 is 2.93 bits per heavy atom. The summed E-state index contributed by atoms with van der Waals surface area (Å²) >= 11 is 0. The number of benzene rings is 1. The number of anilines is 1. The Balaban J connectivity index is 1.47. The van der Waals surface area contributed by atoms with Gasteiger partial charge in [0.25, 0.3) is 5.91 Å². The van der Waals surface area contributed by atoms with Crippen LogP contribution in [0.4, 0.5) is 5.69 Å². The molecule has 30 heavy (non-hydrogen) atoms. The minimum atomic E-state index is -0.0406. The highest BCUT2D eigenvalue weighted by Gasteiger charge is 2.30. The van der Waals surface area contributed by atoms with Crippen LogP contribution in [-0.2, 0) is 6.54 Å². The van der Waals surface area contributed by atoms with Gasteiger partial charge in [0.05, 0.1) is 31.1 Å². The van der Waals surface area contributed by atoms with E-state index >= 15 is 0 Å². The van der Waals surface area contributed by atoms with Gasteiger partial charge in [0.2, 0.25) is 0 Å². The lowest BCUT2D eigenvalue weighted by Gasteiger charge is -2.14. The zero-order valence-electron chi connectivity index (χ0n) is 16.2. The molecule has 6 rings (SSSR count). The second kappa shape index (κ2) is 6.18. The third kappa shape index (κ3) is 2.35. The summed E-state index contributed by atoms with van der Waals surface area (Å²) in [7, 11) is 1.60. The van der Waals surface area contributed by atoms with Crippen LogP contribution in [0, 0.1) is 0 Å². The molecule has 0 saturated heterocycles. The molecule has 0 unspecified atom stereocenters. The van der Waals surface area contributed by atoms with Crippen LogP contribution in [0.15, 0.2) is 67.3 Å². The number of hydrogen-bond acceptors (Lipinski definition) is 4. The highest BCUT2D eigenvalue weighted by Crippen LogP contribution is 2.35. The molecule has 0 bridgehead atoms. The molecule has 7 nitrogen and oxygen atoms in total. The van der Waals surface area contributed by atoms with E-state index in [0.29, 0.717) is 17.9 Å². The third-order valence-electron chi connectivity index (χ3n) is 5.68. The van der Waals surface area contributed by atoms with Gasteiger partial charge in [0, 0.05) is 29.5 Å². The van der Waals surface area contributed by atoms with Crippen LogP contribution in [-0.4, -0.2) is 32.6 Å². The molecule has 0 saturated carbocycles. The SMILES string of the molecule is COc1ccc2c(c1)C(=O)N(c1cnn3ccc(-c4ccnc5[nH]ccc45)cc13)C2. The number of nitrogens with one attached hydrogen (secondary N) is 1. The number of pyridine rings is 2. The molecule has 1 aromatic carbocycles. The van der Waals surface area contributed by atoms with Crippen LogP contribution in [0.1, 0.15) is 15.9 Å². The third-order valence-corrected chi connectivity index (χ3v) is 5.68. The number of rotatable bonds is 3. The number of carbonyl (C=O) groups excluding carboxylic acids is 1. The number of carbonyl (C=O) groups is 1. The van der Waals surface area contributed by atoms with E-state index in [0.717, 1.165) is 38.9 Å².